The van der Waals surface area contributed by atoms with E-state index < -0.39 is 0 Å². The summed E-state index contributed by atoms with van der Waals surface area (Å²) in [5.41, 5.74) is 1.29. The lowest BCUT2D eigenvalue weighted by atomic mass is 10.0. The van der Waals surface area contributed by atoms with Crippen LogP contribution in [0.1, 0.15) is 43.4 Å². The molecular weight excluding hydrogens is 190 g/mol. The third-order valence-electron chi connectivity index (χ3n) is 2.57. The number of nitrogens with zero attached hydrogens (tertiary/aromatic N) is 2. The Morgan fingerprint density at radius 1 is 1.60 bits per heavy atom. The van der Waals surface area contributed by atoms with E-state index in [1.807, 2.05) is 20.8 Å². The van der Waals surface area contributed by atoms with Crippen molar-refractivity contribution in [2.45, 2.75) is 39.7 Å². The highest BCUT2D eigenvalue weighted by atomic mass is 16.2. The molecule has 0 fully saturated rings. The highest BCUT2D eigenvalue weighted by Crippen LogP contribution is 2.09. The van der Waals surface area contributed by atoms with Crippen LogP contribution in [0.2, 0.25) is 0 Å². The van der Waals surface area contributed by atoms with Crippen molar-refractivity contribution in [3.63, 3.8) is 0 Å². The Morgan fingerprint density at radius 3 is 2.60 bits per heavy atom. The predicted octanol–water partition coefficient (Wildman–Crippen LogP) is 1.65. The van der Waals surface area contributed by atoms with Crippen LogP contribution in [0.4, 0.5) is 0 Å². The average Bonchev–Trinajstić information content (AvgIpc) is 2.45. The van der Waals surface area contributed by atoms with Crippen molar-refractivity contribution >= 4 is 5.91 Å². The van der Waals surface area contributed by atoms with Crippen LogP contribution in [0.15, 0.2) is 6.07 Å². The number of nitrogens with one attached hydrogen (secondary N) is 1. The largest absolute Gasteiger partial charge is 0.346 e. The molecule has 1 N–H and O–H groups in total. The minimum atomic E-state index is -0.171. The van der Waals surface area contributed by atoms with Gasteiger partial charge in [0.2, 0.25) is 0 Å². The van der Waals surface area contributed by atoms with Crippen LogP contribution in [0.5, 0.6) is 0 Å². The Bertz CT molecular complexity index is 366. The summed E-state index contributed by atoms with van der Waals surface area (Å²) in [5, 5.41) is 7.12. The standard InChI is InChI=1S/C11H19N3O/c1-6-11(3,4)12-10(15)9-7-8(2)13-14(9)5/h7H,6H2,1-5H3,(H,12,15). The highest BCUT2D eigenvalue weighted by molar-refractivity contribution is 5.93. The molecule has 0 aliphatic carbocycles. The maximum atomic E-state index is 11.9. The van der Waals surface area contributed by atoms with E-state index in [4.69, 9.17) is 0 Å². The van der Waals surface area contributed by atoms with Crippen LogP contribution in [-0.4, -0.2) is 21.2 Å². The zero-order valence-corrected chi connectivity index (χ0v) is 10.1. The summed E-state index contributed by atoms with van der Waals surface area (Å²) in [4.78, 5) is 11.9. The Balaban J connectivity index is 2.82. The van der Waals surface area contributed by atoms with E-state index in [9.17, 15) is 4.79 Å². The van der Waals surface area contributed by atoms with Gasteiger partial charge in [-0.15, -0.1) is 0 Å². The van der Waals surface area contributed by atoms with Gasteiger partial charge in [-0.25, -0.2) is 0 Å². The fourth-order valence-corrected chi connectivity index (χ4v) is 1.28. The van der Waals surface area contributed by atoms with Crippen LogP contribution >= 0.6 is 0 Å². The number of hydrogen-bond donors (Lipinski definition) is 1. The molecule has 0 aliphatic heterocycles. The monoisotopic (exact) mass is 209 g/mol. The highest BCUT2D eigenvalue weighted by Gasteiger charge is 2.20. The molecule has 0 spiro atoms. The first-order chi connectivity index (χ1) is 6.85. The number of aryl methyl sites for hydroxylation is 2. The van der Waals surface area contributed by atoms with Gasteiger partial charge < -0.3 is 5.32 Å². The minimum absolute atomic E-state index is 0.0649. The van der Waals surface area contributed by atoms with E-state index in [0.717, 1.165) is 12.1 Å². The summed E-state index contributed by atoms with van der Waals surface area (Å²) in [6.07, 6.45) is 0.898. The lowest BCUT2D eigenvalue weighted by Crippen LogP contribution is -2.43. The van der Waals surface area contributed by atoms with Gasteiger partial charge in [-0.1, -0.05) is 6.92 Å². The molecule has 0 aromatic carbocycles. The molecule has 1 rings (SSSR count). The Labute approximate surface area is 90.7 Å². The summed E-state index contributed by atoms with van der Waals surface area (Å²) in [6.45, 7) is 7.94. The van der Waals surface area contributed by atoms with Crippen molar-refractivity contribution < 1.29 is 4.79 Å². The lowest BCUT2D eigenvalue weighted by molar-refractivity contribution is 0.0901. The molecule has 84 valence electrons. The molecule has 0 unspecified atom stereocenters. The number of carbonyl (C=O) groups excluding carboxylic acids is 1. The Kier molecular flexibility index (Phi) is 3.17. The number of rotatable bonds is 3. The van der Waals surface area contributed by atoms with Gasteiger partial charge in [-0.2, -0.15) is 5.10 Å². The second-order valence-electron chi connectivity index (χ2n) is 4.49. The van der Waals surface area contributed by atoms with E-state index in [1.54, 1.807) is 17.8 Å². The summed E-state index contributed by atoms with van der Waals surface area (Å²) < 4.78 is 1.61. The van der Waals surface area contributed by atoms with Crippen molar-refractivity contribution in [1.29, 1.82) is 0 Å². The van der Waals surface area contributed by atoms with Gasteiger partial charge in [0.05, 0.1) is 5.69 Å². The predicted molar refractivity (Wildman–Crippen MR) is 59.8 cm³/mol. The SMILES string of the molecule is CCC(C)(C)NC(=O)c1cc(C)nn1C. The van der Waals surface area contributed by atoms with Crippen molar-refractivity contribution in [2.75, 3.05) is 0 Å². The van der Waals surface area contributed by atoms with Gasteiger partial charge in [0.15, 0.2) is 0 Å². The van der Waals surface area contributed by atoms with Crippen LogP contribution in [-0.2, 0) is 7.05 Å². The lowest BCUT2D eigenvalue weighted by Gasteiger charge is -2.24. The van der Waals surface area contributed by atoms with Gasteiger partial charge in [0.25, 0.3) is 5.91 Å². The molecule has 0 radical (unpaired) electrons. The van der Waals surface area contributed by atoms with E-state index in [1.165, 1.54) is 0 Å². The molecule has 0 bridgehead atoms. The molecule has 1 aromatic rings. The quantitative estimate of drug-likeness (QED) is 0.822. The molecule has 0 saturated carbocycles. The Hall–Kier alpha value is -1.32. The van der Waals surface area contributed by atoms with Crippen LogP contribution in [0, 0.1) is 6.92 Å². The molecule has 0 saturated heterocycles. The van der Waals surface area contributed by atoms with Crippen molar-refractivity contribution in [3.8, 4) is 0 Å². The topological polar surface area (TPSA) is 46.9 Å². The first kappa shape index (κ1) is 11.8. The van der Waals surface area contributed by atoms with E-state index in [-0.39, 0.29) is 11.4 Å². The number of aromatic nitrogens is 2. The van der Waals surface area contributed by atoms with E-state index in [0.29, 0.717) is 5.69 Å². The van der Waals surface area contributed by atoms with Gasteiger partial charge >= 0.3 is 0 Å². The zero-order chi connectivity index (χ0) is 11.6. The summed E-state index contributed by atoms with van der Waals surface area (Å²) in [5.74, 6) is -0.0649. The molecule has 15 heavy (non-hydrogen) atoms. The molecular formula is C11H19N3O. The molecule has 4 nitrogen and oxygen atoms in total. The fraction of sp³-hybridized carbons (Fsp3) is 0.636. The van der Waals surface area contributed by atoms with Crippen molar-refractivity contribution in [3.05, 3.63) is 17.5 Å². The first-order valence-electron chi connectivity index (χ1n) is 5.19. The van der Waals surface area contributed by atoms with Crippen LogP contribution in [0.3, 0.4) is 0 Å². The first-order valence-corrected chi connectivity index (χ1v) is 5.19. The van der Waals surface area contributed by atoms with Gasteiger partial charge in [-0.05, 0) is 33.3 Å². The molecule has 1 heterocycles. The van der Waals surface area contributed by atoms with Gasteiger partial charge in [0, 0.05) is 12.6 Å². The van der Waals surface area contributed by atoms with Crippen molar-refractivity contribution in [2.24, 2.45) is 7.05 Å². The molecule has 0 atom stereocenters. The Morgan fingerprint density at radius 2 is 2.20 bits per heavy atom. The summed E-state index contributed by atoms with van der Waals surface area (Å²) >= 11 is 0. The third kappa shape index (κ3) is 2.81. The van der Waals surface area contributed by atoms with Gasteiger partial charge in [-0.3, -0.25) is 9.48 Å². The van der Waals surface area contributed by atoms with Crippen molar-refractivity contribution in [1.82, 2.24) is 15.1 Å². The zero-order valence-electron chi connectivity index (χ0n) is 10.1. The van der Waals surface area contributed by atoms with Crippen LogP contribution in [0.25, 0.3) is 0 Å². The fourth-order valence-electron chi connectivity index (χ4n) is 1.28. The summed E-state index contributed by atoms with van der Waals surface area (Å²) in [6, 6.07) is 1.79. The van der Waals surface area contributed by atoms with Crippen LogP contribution < -0.4 is 5.32 Å². The molecule has 1 amide bonds. The van der Waals surface area contributed by atoms with E-state index in [2.05, 4.69) is 17.3 Å². The number of hydrogen-bond acceptors (Lipinski definition) is 2. The van der Waals surface area contributed by atoms with E-state index >= 15 is 0 Å². The molecule has 1 aromatic heterocycles. The molecule has 4 heteroatoms. The molecule has 0 aliphatic rings. The second-order valence-corrected chi connectivity index (χ2v) is 4.49. The number of amides is 1. The number of carbonyl (C=O) groups is 1. The van der Waals surface area contributed by atoms with Gasteiger partial charge in [0.1, 0.15) is 5.69 Å². The maximum absolute atomic E-state index is 11.9. The smallest absolute Gasteiger partial charge is 0.269 e. The average molecular weight is 209 g/mol. The maximum Gasteiger partial charge on any atom is 0.269 e. The second kappa shape index (κ2) is 4.04. The normalized spacial score (nSPS) is 11.5. The third-order valence-corrected chi connectivity index (χ3v) is 2.57. The summed E-state index contributed by atoms with van der Waals surface area (Å²) in [7, 11) is 1.78. The minimum Gasteiger partial charge on any atom is -0.346 e.